The van der Waals surface area contributed by atoms with Crippen LogP contribution in [-0.4, -0.2) is 21.7 Å². The van der Waals surface area contributed by atoms with Crippen LogP contribution in [0.4, 0.5) is 11.4 Å². The van der Waals surface area contributed by atoms with Crippen LogP contribution in [-0.2, 0) is 4.79 Å². The minimum atomic E-state index is -0.833. The van der Waals surface area contributed by atoms with E-state index in [1.807, 2.05) is 0 Å². The fourth-order valence-corrected chi connectivity index (χ4v) is 3.30. The van der Waals surface area contributed by atoms with E-state index in [1.54, 1.807) is 6.92 Å². The van der Waals surface area contributed by atoms with Gasteiger partial charge in [-0.25, -0.2) is 9.88 Å². The molecule has 0 saturated carbocycles. The van der Waals surface area contributed by atoms with Gasteiger partial charge in [0.2, 0.25) is 5.91 Å². The molecule has 0 radical (unpaired) electrons. The summed E-state index contributed by atoms with van der Waals surface area (Å²) in [5, 5.41) is 10.3. The summed E-state index contributed by atoms with van der Waals surface area (Å²) in [6, 6.07) is 4.65. The highest BCUT2D eigenvalue weighted by atomic mass is 35.5. The molecular weight excluding hydrogens is 440 g/mol. The predicted molar refractivity (Wildman–Crippen MR) is 104 cm³/mol. The van der Waals surface area contributed by atoms with Crippen molar-refractivity contribution in [2.45, 2.75) is 19.8 Å². The van der Waals surface area contributed by atoms with Crippen molar-refractivity contribution >= 4 is 69.6 Å². The van der Waals surface area contributed by atoms with Gasteiger partial charge in [0.15, 0.2) is 0 Å². The van der Waals surface area contributed by atoms with Gasteiger partial charge in [0.05, 0.1) is 26.2 Å². The second kappa shape index (κ2) is 8.84. The number of nitro benzene ring substituents is 1. The third-order valence-electron chi connectivity index (χ3n) is 3.40. The topological polar surface area (TPSA) is 93.4 Å². The molecular formula is C16H11Cl4N3O4. The molecule has 0 aliphatic carbocycles. The SMILES string of the molecule is CCCC(=O)N(C(=O)c1ccc(Cl)nc1Cl)c1c(Cl)cc([N+](=O)[O-])cc1Cl. The van der Waals surface area contributed by atoms with Crippen LogP contribution in [0.25, 0.3) is 0 Å². The number of benzene rings is 1. The molecule has 0 aliphatic rings. The first-order valence-corrected chi connectivity index (χ1v) is 9.01. The van der Waals surface area contributed by atoms with E-state index >= 15 is 0 Å². The number of amides is 2. The number of halogens is 4. The van der Waals surface area contributed by atoms with E-state index in [9.17, 15) is 19.7 Å². The zero-order valence-corrected chi connectivity index (χ0v) is 16.7. The number of carbonyl (C=O) groups excluding carboxylic acids is 2. The second-order valence-electron chi connectivity index (χ2n) is 5.27. The van der Waals surface area contributed by atoms with Gasteiger partial charge in [0.25, 0.3) is 11.6 Å². The second-order valence-corrected chi connectivity index (χ2v) is 6.83. The van der Waals surface area contributed by atoms with E-state index in [2.05, 4.69) is 4.98 Å². The average Bonchev–Trinajstić information content (AvgIpc) is 2.57. The molecule has 0 saturated heterocycles. The Morgan fingerprint density at radius 3 is 2.22 bits per heavy atom. The lowest BCUT2D eigenvalue weighted by molar-refractivity contribution is -0.384. The van der Waals surface area contributed by atoms with E-state index in [0.717, 1.165) is 17.0 Å². The molecule has 2 rings (SSSR count). The summed E-state index contributed by atoms with van der Waals surface area (Å²) in [5.41, 5.74) is -0.648. The molecule has 7 nitrogen and oxygen atoms in total. The highest BCUT2D eigenvalue weighted by Crippen LogP contribution is 2.39. The maximum Gasteiger partial charge on any atom is 0.272 e. The average molecular weight is 451 g/mol. The summed E-state index contributed by atoms with van der Waals surface area (Å²) in [6.45, 7) is 1.75. The molecule has 27 heavy (non-hydrogen) atoms. The van der Waals surface area contributed by atoms with Crippen molar-refractivity contribution in [1.82, 2.24) is 4.98 Å². The number of hydrogen-bond acceptors (Lipinski definition) is 5. The highest BCUT2D eigenvalue weighted by molar-refractivity contribution is 6.43. The van der Waals surface area contributed by atoms with E-state index in [4.69, 9.17) is 46.4 Å². The number of non-ortho nitro benzene ring substituents is 1. The molecule has 2 amide bonds. The quantitative estimate of drug-likeness (QED) is 0.336. The standard InChI is InChI=1S/C16H11Cl4N3O4/c1-2-3-13(24)22(16(25)9-4-5-12(19)21-15(9)20)14-10(17)6-8(23(26)27)7-11(14)18/h4-7H,2-3H2,1H3. The molecule has 11 heteroatoms. The van der Waals surface area contributed by atoms with Gasteiger partial charge in [0, 0.05) is 18.6 Å². The molecule has 1 aromatic heterocycles. The number of carbonyl (C=O) groups is 2. The van der Waals surface area contributed by atoms with Crippen LogP contribution in [0.1, 0.15) is 30.1 Å². The summed E-state index contributed by atoms with van der Waals surface area (Å²) in [7, 11) is 0. The maximum absolute atomic E-state index is 13.0. The van der Waals surface area contributed by atoms with Crippen molar-refractivity contribution < 1.29 is 14.5 Å². The molecule has 0 aliphatic heterocycles. The Bertz CT molecular complexity index is 913. The van der Waals surface area contributed by atoms with Gasteiger partial charge in [-0.15, -0.1) is 0 Å². The molecule has 1 aromatic carbocycles. The van der Waals surface area contributed by atoms with Crippen LogP contribution in [0.15, 0.2) is 24.3 Å². The minimum Gasteiger partial charge on any atom is -0.274 e. The highest BCUT2D eigenvalue weighted by Gasteiger charge is 2.31. The van der Waals surface area contributed by atoms with Crippen LogP contribution in [0, 0.1) is 10.1 Å². The predicted octanol–water partition coefficient (Wildman–Crippen LogP) is 5.58. The normalized spacial score (nSPS) is 10.6. The molecule has 142 valence electrons. The zero-order chi connectivity index (χ0) is 20.3. The number of pyridine rings is 1. The zero-order valence-electron chi connectivity index (χ0n) is 13.7. The summed E-state index contributed by atoms with van der Waals surface area (Å²) in [5.74, 6) is -1.44. The first-order chi connectivity index (χ1) is 12.7. The van der Waals surface area contributed by atoms with Crippen molar-refractivity contribution in [2.75, 3.05) is 4.90 Å². The monoisotopic (exact) mass is 449 g/mol. The Labute approximate surface area is 173 Å². The van der Waals surface area contributed by atoms with Crippen molar-refractivity contribution in [2.24, 2.45) is 0 Å². The number of imide groups is 1. The Morgan fingerprint density at radius 2 is 1.74 bits per heavy atom. The van der Waals surface area contributed by atoms with Crippen molar-refractivity contribution in [1.29, 1.82) is 0 Å². The van der Waals surface area contributed by atoms with Crippen molar-refractivity contribution in [3.05, 3.63) is 60.3 Å². The summed E-state index contributed by atoms with van der Waals surface area (Å²) < 4.78 is 0. The fraction of sp³-hybridized carbons (Fsp3) is 0.188. The van der Waals surface area contributed by atoms with Gasteiger partial charge in [-0.1, -0.05) is 53.3 Å². The number of nitro groups is 1. The van der Waals surface area contributed by atoms with Crippen LogP contribution >= 0.6 is 46.4 Å². The Kier molecular flexibility index (Phi) is 7.00. The molecule has 1 heterocycles. The first-order valence-electron chi connectivity index (χ1n) is 7.50. The molecule has 0 unspecified atom stereocenters. The lowest BCUT2D eigenvalue weighted by Crippen LogP contribution is -2.37. The van der Waals surface area contributed by atoms with E-state index < -0.39 is 16.7 Å². The van der Waals surface area contributed by atoms with Gasteiger partial charge in [-0.3, -0.25) is 19.7 Å². The number of aromatic nitrogens is 1. The number of nitrogens with zero attached hydrogens (tertiary/aromatic N) is 3. The fourth-order valence-electron chi connectivity index (χ4n) is 2.23. The summed E-state index contributed by atoms with van der Waals surface area (Å²) in [6.07, 6.45) is 0.450. The smallest absolute Gasteiger partial charge is 0.272 e. The summed E-state index contributed by atoms with van der Waals surface area (Å²) in [4.78, 5) is 40.4. The molecule has 0 spiro atoms. The van der Waals surface area contributed by atoms with E-state index in [-0.39, 0.29) is 43.7 Å². The van der Waals surface area contributed by atoms with Crippen LogP contribution in [0.5, 0.6) is 0 Å². The van der Waals surface area contributed by atoms with Gasteiger partial charge in [-0.05, 0) is 18.6 Å². The Hall–Kier alpha value is -1.93. The van der Waals surface area contributed by atoms with Crippen molar-refractivity contribution in [3.8, 4) is 0 Å². The Balaban J connectivity index is 2.64. The number of rotatable bonds is 5. The van der Waals surface area contributed by atoms with Crippen molar-refractivity contribution in [3.63, 3.8) is 0 Å². The van der Waals surface area contributed by atoms with Gasteiger partial charge >= 0.3 is 0 Å². The van der Waals surface area contributed by atoms with Crippen LogP contribution in [0.2, 0.25) is 20.4 Å². The third-order valence-corrected chi connectivity index (χ3v) is 4.47. The number of hydrogen-bond donors (Lipinski definition) is 0. The lowest BCUT2D eigenvalue weighted by Gasteiger charge is -2.23. The molecule has 0 atom stereocenters. The molecule has 2 aromatic rings. The first kappa shape index (κ1) is 21.4. The van der Waals surface area contributed by atoms with Gasteiger partial charge < -0.3 is 0 Å². The molecule has 0 bridgehead atoms. The third kappa shape index (κ3) is 4.68. The maximum atomic E-state index is 13.0. The van der Waals surface area contributed by atoms with Crippen LogP contribution in [0.3, 0.4) is 0 Å². The lowest BCUT2D eigenvalue weighted by atomic mass is 10.1. The number of anilines is 1. The van der Waals surface area contributed by atoms with E-state index in [1.165, 1.54) is 12.1 Å². The summed E-state index contributed by atoms with van der Waals surface area (Å²) >= 11 is 23.9. The van der Waals surface area contributed by atoms with Gasteiger partial charge in [0.1, 0.15) is 10.3 Å². The van der Waals surface area contributed by atoms with E-state index in [0.29, 0.717) is 6.42 Å². The molecule has 0 fully saturated rings. The largest absolute Gasteiger partial charge is 0.274 e. The molecule has 0 N–H and O–H groups in total. The van der Waals surface area contributed by atoms with Gasteiger partial charge in [-0.2, -0.15) is 0 Å². The van der Waals surface area contributed by atoms with Crippen LogP contribution < -0.4 is 4.90 Å². The minimum absolute atomic E-state index is 0.00796. The Morgan fingerprint density at radius 1 is 1.15 bits per heavy atom.